The van der Waals surface area contributed by atoms with Gasteiger partial charge in [-0.3, -0.25) is 4.79 Å². The molecule has 0 aromatic heterocycles. The fraction of sp³-hybridized carbons (Fsp3) is 0.450. The lowest BCUT2D eigenvalue weighted by Crippen LogP contribution is -2.14. The molecule has 0 aliphatic carbocycles. The van der Waals surface area contributed by atoms with Crippen molar-refractivity contribution < 1.29 is 33.7 Å². The topological polar surface area (TPSA) is 99.1 Å². The van der Waals surface area contributed by atoms with Crippen LogP contribution in [0.2, 0.25) is 0 Å². The Labute approximate surface area is 157 Å². The smallest absolute Gasteiger partial charge is 0.339 e. The molecule has 0 fully saturated rings. The number of carbonyl (C=O) groups is 3. The zero-order valence-electron chi connectivity index (χ0n) is 16.2. The van der Waals surface area contributed by atoms with Crippen LogP contribution in [0.3, 0.4) is 0 Å². The Morgan fingerprint density at radius 2 is 2.00 bits per heavy atom. The molecule has 0 bridgehead atoms. The number of hydrogen-bond donors (Lipinski definition) is 1. The largest absolute Gasteiger partial charge is 0.496 e. The summed E-state index contributed by atoms with van der Waals surface area (Å²) < 4.78 is 15.2. The van der Waals surface area contributed by atoms with Crippen molar-refractivity contribution in [2.45, 2.75) is 40.2 Å². The summed E-state index contributed by atoms with van der Waals surface area (Å²) in [6, 6.07) is 0. The van der Waals surface area contributed by atoms with Gasteiger partial charge in [0, 0.05) is 11.1 Å². The Kier molecular flexibility index (Phi) is 6.25. The van der Waals surface area contributed by atoms with E-state index in [2.05, 4.69) is 0 Å². The van der Waals surface area contributed by atoms with Gasteiger partial charge in [-0.15, -0.1) is 0 Å². The van der Waals surface area contributed by atoms with Crippen LogP contribution in [-0.4, -0.2) is 37.2 Å². The number of allylic oxidation sites excluding steroid dienone is 2. The fourth-order valence-corrected chi connectivity index (χ4v) is 3.42. The minimum Gasteiger partial charge on any atom is -0.496 e. The summed E-state index contributed by atoms with van der Waals surface area (Å²) in [6.07, 6.45) is 2.59. The number of aromatic carboxylic acids is 1. The first-order valence-corrected chi connectivity index (χ1v) is 8.59. The lowest BCUT2D eigenvalue weighted by molar-refractivity contribution is -0.144. The second kappa shape index (κ2) is 8.24. The van der Waals surface area contributed by atoms with Crippen LogP contribution in [0.15, 0.2) is 11.6 Å². The van der Waals surface area contributed by atoms with E-state index in [-0.39, 0.29) is 36.0 Å². The number of cyclic esters (lactones) is 1. The zero-order valence-corrected chi connectivity index (χ0v) is 16.2. The van der Waals surface area contributed by atoms with E-state index in [9.17, 15) is 19.5 Å². The van der Waals surface area contributed by atoms with Gasteiger partial charge in [0.15, 0.2) is 0 Å². The zero-order chi connectivity index (χ0) is 20.3. The number of carbonyl (C=O) groups excluding carboxylic acids is 2. The third-order valence-electron chi connectivity index (χ3n) is 4.78. The molecule has 1 atom stereocenters. The van der Waals surface area contributed by atoms with Crippen LogP contribution >= 0.6 is 0 Å². The second-order valence-corrected chi connectivity index (χ2v) is 6.63. The molecule has 0 amide bonds. The first-order valence-electron chi connectivity index (χ1n) is 8.59. The molecule has 2 rings (SSSR count). The molecular formula is C20H24O7. The number of rotatable bonds is 7. The molecule has 7 nitrogen and oxygen atoms in total. The number of esters is 2. The maximum absolute atomic E-state index is 12.1. The van der Waals surface area contributed by atoms with Crippen LogP contribution in [0.5, 0.6) is 5.75 Å². The molecule has 1 aromatic rings. The minimum atomic E-state index is -1.20. The Morgan fingerprint density at radius 3 is 2.56 bits per heavy atom. The van der Waals surface area contributed by atoms with Gasteiger partial charge in [-0.05, 0) is 32.3 Å². The molecule has 1 aliphatic rings. The van der Waals surface area contributed by atoms with Crippen LogP contribution in [0.4, 0.5) is 0 Å². The summed E-state index contributed by atoms with van der Waals surface area (Å²) >= 11 is 0. The maximum Gasteiger partial charge on any atom is 0.339 e. The molecule has 7 heteroatoms. The van der Waals surface area contributed by atoms with Crippen LogP contribution in [-0.2, 0) is 27.3 Å². The molecule has 0 unspecified atom stereocenters. The molecular weight excluding hydrogens is 352 g/mol. The molecule has 27 heavy (non-hydrogen) atoms. The highest BCUT2D eigenvalue weighted by Crippen LogP contribution is 2.38. The van der Waals surface area contributed by atoms with Crippen molar-refractivity contribution >= 4 is 17.9 Å². The van der Waals surface area contributed by atoms with Crippen molar-refractivity contribution in [3.8, 4) is 5.75 Å². The van der Waals surface area contributed by atoms with E-state index in [1.54, 1.807) is 13.8 Å². The molecule has 1 N–H and O–H groups in total. The number of ether oxygens (including phenoxy) is 3. The molecule has 1 aliphatic heterocycles. The van der Waals surface area contributed by atoms with Gasteiger partial charge in [0.25, 0.3) is 0 Å². The Balaban J connectivity index is 2.47. The number of fused-ring (bicyclic) bond motifs is 1. The monoisotopic (exact) mass is 376 g/mol. The molecule has 0 radical (unpaired) electrons. The summed E-state index contributed by atoms with van der Waals surface area (Å²) in [5.41, 5.74) is 2.60. The first-order chi connectivity index (χ1) is 12.7. The highest BCUT2D eigenvalue weighted by Gasteiger charge is 2.34. The van der Waals surface area contributed by atoms with Crippen molar-refractivity contribution in [1.82, 2.24) is 0 Å². The van der Waals surface area contributed by atoms with Gasteiger partial charge >= 0.3 is 17.9 Å². The van der Waals surface area contributed by atoms with Crippen LogP contribution in [0, 0.1) is 12.8 Å². The van der Waals surface area contributed by atoms with Crippen molar-refractivity contribution in [2.24, 2.45) is 5.92 Å². The van der Waals surface area contributed by atoms with E-state index < -0.39 is 11.9 Å². The highest BCUT2D eigenvalue weighted by molar-refractivity contribution is 6.07. The SMILES string of the molecule is COC(=O)[C@@H](C)CC(C)=CCc1c(OC)c(C)c2c(c1C(=O)O)C(=O)OC2. The van der Waals surface area contributed by atoms with E-state index in [0.717, 1.165) is 5.57 Å². The number of benzene rings is 1. The van der Waals surface area contributed by atoms with Crippen molar-refractivity contribution in [3.05, 3.63) is 39.5 Å². The van der Waals surface area contributed by atoms with Crippen molar-refractivity contribution in [2.75, 3.05) is 14.2 Å². The predicted octanol–water partition coefficient (Wildman–Crippen LogP) is 3.06. The molecule has 0 saturated heterocycles. The number of hydrogen-bond acceptors (Lipinski definition) is 6. The van der Waals surface area contributed by atoms with E-state index in [0.29, 0.717) is 28.9 Å². The van der Waals surface area contributed by atoms with Gasteiger partial charge in [-0.25, -0.2) is 9.59 Å². The number of carboxylic acids is 1. The van der Waals surface area contributed by atoms with E-state index in [1.807, 2.05) is 13.0 Å². The second-order valence-electron chi connectivity index (χ2n) is 6.63. The summed E-state index contributed by atoms with van der Waals surface area (Å²) in [7, 11) is 2.81. The van der Waals surface area contributed by atoms with Crippen molar-refractivity contribution in [1.29, 1.82) is 0 Å². The van der Waals surface area contributed by atoms with Gasteiger partial charge in [-0.1, -0.05) is 18.6 Å². The molecule has 1 heterocycles. The fourth-order valence-electron chi connectivity index (χ4n) is 3.42. The van der Waals surface area contributed by atoms with Crippen LogP contribution in [0.1, 0.15) is 57.7 Å². The summed E-state index contributed by atoms with van der Waals surface area (Å²) in [5, 5.41) is 9.73. The predicted molar refractivity (Wildman–Crippen MR) is 97.1 cm³/mol. The highest BCUT2D eigenvalue weighted by atomic mass is 16.5. The van der Waals surface area contributed by atoms with Gasteiger partial charge < -0.3 is 19.3 Å². The van der Waals surface area contributed by atoms with Gasteiger partial charge in [0.2, 0.25) is 0 Å². The number of methoxy groups -OCH3 is 2. The van der Waals surface area contributed by atoms with Gasteiger partial charge in [-0.2, -0.15) is 0 Å². The summed E-state index contributed by atoms with van der Waals surface area (Å²) in [5.74, 6) is -2.00. The molecule has 1 aromatic carbocycles. The third kappa shape index (κ3) is 3.97. The summed E-state index contributed by atoms with van der Waals surface area (Å²) in [6.45, 7) is 5.45. The quantitative estimate of drug-likeness (QED) is 0.577. The van der Waals surface area contributed by atoms with E-state index in [1.165, 1.54) is 14.2 Å². The Hall–Kier alpha value is -2.83. The van der Waals surface area contributed by atoms with E-state index >= 15 is 0 Å². The maximum atomic E-state index is 12.1. The van der Waals surface area contributed by atoms with Gasteiger partial charge in [0.1, 0.15) is 12.4 Å². The Bertz CT molecular complexity index is 820. The lowest BCUT2D eigenvalue weighted by Gasteiger charge is -2.17. The van der Waals surface area contributed by atoms with Crippen LogP contribution < -0.4 is 4.74 Å². The van der Waals surface area contributed by atoms with Crippen LogP contribution in [0.25, 0.3) is 0 Å². The normalized spacial score (nSPS) is 14.4. The summed E-state index contributed by atoms with van der Waals surface area (Å²) in [4.78, 5) is 35.6. The minimum absolute atomic E-state index is 0.0441. The van der Waals surface area contributed by atoms with Gasteiger partial charge in [0.05, 0.1) is 31.3 Å². The standard InChI is InChI=1S/C20H24O7/c1-10(8-11(2)19(23)26-5)6-7-13-15(18(21)22)16-14(9-27-20(16)24)12(3)17(13)25-4/h6,11H,7-9H2,1-5H3,(H,21,22)/t11-/m0/s1. The third-order valence-corrected chi connectivity index (χ3v) is 4.78. The van der Waals surface area contributed by atoms with Crippen molar-refractivity contribution in [3.63, 3.8) is 0 Å². The molecule has 0 saturated carbocycles. The Morgan fingerprint density at radius 1 is 1.33 bits per heavy atom. The average molecular weight is 376 g/mol. The molecule has 0 spiro atoms. The van der Waals surface area contributed by atoms with E-state index in [4.69, 9.17) is 14.2 Å². The lowest BCUT2D eigenvalue weighted by atomic mass is 9.89. The first kappa shape index (κ1) is 20.5. The average Bonchev–Trinajstić information content (AvgIpc) is 3.00. The molecule has 146 valence electrons. The number of carboxylic acid groups (broad SMARTS) is 1.